The molecule has 0 spiro atoms. The molecule has 25 heavy (non-hydrogen) atoms. The highest BCUT2D eigenvalue weighted by Gasteiger charge is 2.13. The normalized spacial score (nSPS) is 10.8. The first kappa shape index (κ1) is 16.8. The average Bonchev–Trinajstić information content (AvgIpc) is 2.97. The molecule has 0 atom stereocenters. The van der Waals surface area contributed by atoms with E-state index in [1.807, 2.05) is 24.3 Å². The fourth-order valence-electron chi connectivity index (χ4n) is 2.57. The van der Waals surface area contributed by atoms with E-state index in [1.54, 1.807) is 23.9 Å². The van der Waals surface area contributed by atoms with Crippen LogP contribution in [0.1, 0.15) is 18.5 Å². The number of imidazole rings is 1. The number of esters is 1. The fourth-order valence-corrected chi connectivity index (χ4v) is 2.57. The summed E-state index contributed by atoms with van der Waals surface area (Å²) in [4.78, 5) is 20.0. The molecule has 3 rings (SSSR count). The molecule has 0 saturated carbocycles. The lowest BCUT2D eigenvalue weighted by molar-refractivity contribution is -0.140. The Morgan fingerprint density at radius 2 is 2.00 bits per heavy atom. The second-order valence-corrected chi connectivity index (χ2v) is 5.54. The first-order valence-electron chi connectivity index (χ1n) is 7.89. The van der Waals surface area contributed by atoms with Crippen molar-refractivity contribution in [1.82, 2.24) is 14.4 Å². The van der Waals surface area contributed by atoms with Crippen molar-refractivity contribution in [3.05, 3.63) is 42.4 Å². The third kappa shape index (κ3) is 3.55. The molecule has 130 valence electrons. The first-order chi connectivity index (χ1) is 12.1. The summed E-state index contributed by atoms with van der Waals surface area (Å²) in [6, 6.07) is 7.51. The molecule has 0 bridgehead atoms. The van der Waals surface area contributed by atoms with E-state index in [9.17, 15) is 9.90 Å². The van der Waals surface area contributed by atoms with E-state index in [0.717, 1.165) is 11.3 Å². The van der Waals surface area contributed by atoms with Crippen molar-refractivity contribution in [1.29, 1.82) is 0 Å². The van der Waals surface area contributed by atoms with Gasteiger partial charge in [0.15, 0.2) is 5.65 Å². The van der Waals surface area contributed by atoms with Gasteiger partial charge < -0.3 is 14.6 Å². The topological polar surface area (TPSA) is 86.0 Å². The second kappa shape index (κ2) is 7.21. The number of ether oxygens (including phenoxy) is 2. The Kier molecular flexibility index (Phi) is 4.83. The quantitative estimate of drug-likeness (QED) is 0.694. The number of aromatic nitrogens is 3. The van der Waals surface area contributed by atoms with Crippen LogP contribution in [-0.4, -0.2) is 39.7 Å². The molecule has 7 heteroatoms. The number of carbonyl (C=O) groups is 1. The van der Waals surface area contributed by atoms with E-state index < -0.39 is 0 Å². The standard InChI is InChI=1S/C18H19N3O4/c1-24-13-8-6-12(7-9-13)15-11-21-16(10-19-15)20-14(18(21)23)4-3-5-17(22)25-2/h6-11,23H,3-5H2,1-2H3. The maximum atomic E-state index is 11.2. The Labute approximate surface area is 144 Å². The van der Waals surface area contributed by atoms with Gasteiger partial charge in [-0.1, -0.05) is 0 Å². The molecule has 7 nitrogen and oxygen atoms in total. The van der Waals surface area contributed by atoms with Crippen molar-refractivity contribution in [3.8, 4) is 22.9 Å². The zero-order valence-electron chi connectivity index (χ0n) is 14.1. The molecule has 0 fully saturated rings. The molecule has 0 saturated heterocycles. The van der Waals surface area contributed by atoms with E-state index >= 15 is 0 Å². The number of rotatable bonds is 6. The maximum Gasteiger partial charge on any atom is 0.305 e. The Balaban J connectivity index is 1.84. The van der Waals surface area contributed by atoms with Crippen molar-refractivity contribution in [2.24, 2.45) is 0 Å². The minimum Gasteiger partial charge on any atom is -0.497 e. The summed E-state index contributed by atoms with van der Waals surface area (Å²) in [5.74, 6) is 0.562. The predicted molar refractivity (Wildman–Crippen MR) is 91.6 cm³/mol. The monoisotopic (exact) mass is 341 g/mol. The van der Waals surface area contributed by atoms with Crippen LogP contribution in [0.4, 0.5) is 0 Å². The van der Waals surface area contributed by atoms with E-state index in [0.29, 0.717) is 36.3 Å². The van der Waals surface area contributed by atoms with Crippen LogP contribution in [0.5, 0.6) is 11.6 Å². The van der Waals surface area contributed by atoms with Crippen LogP contribution >= 0.6 is 0 Å². The Bertz CT molecular complexity index is 887. The van der Waals surface area contributed by atoms with Gasteiger partial charge in [-0.05, 0) is 37.1 Å². The molecule has 0 aliphatic rings. The van der Waals surface area contributed by atoms with E-state index in [2.05, 4.69) is 14.7 Å². The highest BCUT2D eigenvalue weighted by Crippen LogP contribution is 2.25. The van der Waals surface area contributed by atoms with Crippen molar-refractivity contribution in [3.63, 3.8) is 0 Å². The summed E-state index contributed by atoms with van der Waals surface area (Å²) in [7, 11) is 2.97. The lowest BCUT2D eigenvalue weighted by Gasteiger charge is -2.04. The lowest BCUT2D eigenvalue weighted by Crippen LogP contribution is -2.00. The van der Waals surface area contributed by atoms with Gasteiger partial charge in [-0.25, -0.2) is 4.98 Å². The number of hydrogen-bond acceptors (Lipinski definition) is 6. The summed E-state index contributed by atoms with van der Waals surface area (Å²) in [6.07, 6.45) is 4.69. The minimum atomic E-state index is -0.272. The molecule has 0 amide bonds. The summed E-state index contributed by atoms with van der Waals surface area (Å²) in [6.45, 7) is 0. The van der Waals surface area contributed by atoms with Gasteiger partial charge in [-0.3, -0.25) is 14.2 Å². The highest BCUT2D eigenvalue weighted by molar-refractivity contribution is 5.69. The summed E-state index contributed by atoms with van der Waals surface area (Å²) in [5.41, 5.74) is 2.72. The Morgan fingerprint density at radius 1 is 1.24 bits per heavy atom. The molecule has 1 aromatic carbocycles. The van der Waals surface area contributed by atoms with Crippen LogP contribution in [0.2, 0.25) is 0 Å². The maximum absolute atomic E-state index is 11.2. The van der Waals surface area contributed by atoms with Crippen LogP contribution in [-0.2, 0) is 16.0 Å². The number of aryl methyl sites for hydroxylation is 1. The van der Waals surface area contributed by atoms with Gasteiger partial charge in [0.25, 0.3) is 0 Å². The number of benzene rings is 1. The smallest absolute Gasteiger partial charge is 0.305 e. The second-order valence-electron chi connectivity index (χ2n) is 5.54. The van der Waals surface area contributed by atoms with Gasteiger partial charge in [0, 0.05) is 18.2 Å². The molecule has 0 aliphatic heterocycles. The SMILES string of the molecule is COC(=O)CCCc1nc2cnc(-c3ccc(OC)cc3)cn2c1O. The van der Waals surface area contributed by atoms with Gasteiger partial charge in [-0.2, -0.15) is 0 Å². The zero-order chi connectivity index (χ0) is 17.8. The van der Waals surface area contributed by atoms with Crippen molar-refractivity contribution >= 4 is 11.6 Å². The average molecular weight is 341 g/mol. The Morgan fingerprint density at radius 3 is 2.68 bits per heavy atom. The van der Waals surface area contributed by atoms with Crippen LogP contribution < -0.4 is 4.74 Å². The molecule has 2 aromatic heterocycles. The molecule has 0 unspecified atom stereocenters. The number of fused-ring (bicyclic) bond motifs is 1. The number of methoxy groups -OCH3 is 2. The number of hydrogen-bond donors (Lipinski definition) is 1. The van der Waals surface area contributed by atoms with Gasteiger partial charge in [0.2, 0.25) is 5.88 Å². The van der Waals surface area contributed by atoms with Crippen LogP contribution in [0.15, 0.2) is 36.7 Å². The molecule has 0 radical (unpaired) electrons. The molecule has 3 aromatic rings. The fraction of sp³-hybridized carbons (Fsp3) is 0.278. The van der Waals surface area contributed by atoms with E-state index in [1.165, 1.54) is 7.11 Å². The Hall–Kier alpha value is -3.09. The minimum absolute atomic E-state index is 0.0667. The van der Waals surface area contributed by atoms with Crippen molar-refractivity contribution in [2.75, 3.05) is 14.2 Å². The largest absolute Gasteiger partial charge is 0.497 e. The lowest BCUT2D eigenvalue weighted by atomic mass is 10.1. The van der Waals surface area contributed by atoms with E-state index in [-0.39, 0.29) is 11.8 Å². The molecule has 1 N–H and O–H groups in total. The number of nitrogens with zero attached hydrogens (tertiary/aromatic N) is 3. The molecule has 2 heterocycles. The summed E-state index contributed by atoms with van der Waals surface area (Å²) < 4.78 is 11.4. The number of aromatic hydroxyl groups is 1. The summed E-state index contributed by atoms with van der Waals surface area (Å²) >= 11 is 0. The van der Waals surface area contributed by atoms with E-state index in [4.69, 9.17) is 4.74 Å². The molecular weight excluding hydrogens is 322 g/mol. The number of carbonyl (C=O) groups excluding carboxylic acids is 1. The summed E-state index contributed by atoms with van der Waals surface area (Å²) in [5, 5.41) is 10.4. The predicted octanol–water partition coefficient (Wildman–Crippen LogP) is 2.61. The van der Waals surface area contributed by atoms with Crippen molar-refractivity contribution in [2.45, 2.75) is 19.3 Å². The van der Waals surface area contributed by atoms with Gasteiger partial charge in [0.05, 0.1) is 26.1 Å². The molecular formula is C18H19N3O4. The zero-order valence-corrected chi connectivity index (χ0v) is 14.1. The van der Waals surface area contributed by atoms with Crippen LogP contribution in [0.3, 0.4) is 0 Å². The highest BCUT2D eigenvalue weighted by atomic mass is 16.5. The third-order valence-corrected chi connectivity index (χ3v) is 3.96. The first-order valence-corrected chi connectivity index (χ1v) is 7.89. The van der Waals surface area contributed by atoms with Gasteiger partial charge in [0.1, 0.15) is 11.4 Å². The third-order valence-electron chi connectivity index (χ3n) is 3.96. The van der Waals surface area contributed by atoms with Gasteiger partial charge >= 0.3 is 5.97 Å². The van der Waals surface area contributed by atoms with Crippen LogP contribution in [0.25, 0.3) is 16.9 Å². The van der Waals surface area contributed by atoms with Gasteiger partial charge in [-0.15, -0.1) is 0 Å². The van der Waals surface area contributed by atoms with Crippen LogP contribution in [0, 0.1) is 0 Å². The van der Waals surface area contributed by atoms with Crippen molar-refractivity contribution < 1.29 is 19.4 Å². The molecule has 0 aliphatic carbocycles.